The number of fused-ring (bicyclic) bond motifs is 1. The highest BCUT2D eigenvalue weighted by atomic mass is 127. The normalized spacial score (nSPS) is 17.1. The zero-order valence-electron chi connectivity index (χ0n) is 19.4. The maximum absolute atomic E-state index is 13.4. The van der Waals surface area contributed by atoms with Gasteiger partial charge in [-0.05, 0) is 89.7 Å². The number of anilines is 1. The summed E-state index contributed by atoms with van der Waals surface area (Å²) in [6.07, 6.45) is 0. The number of aliphatic hydroxyl groups excluding tert-OH is 1. The Labute approximate surface area is 225 Å². The molecule has 1 saturated heterocycles. The van der Waals surface area contributed by atoms with E-state index in [2.05, 4.69) is 27.6 Å². The number of hydrogen-bond acceptors (Lipinski definition) is 7. The highest BCUT2D eigenvalue weighted by Gasteiger charge is 2.48. The van der Waals surface area contributed by atoms with E-state index in [1.807, 2.05) is 49.4 Å². The van der Waals surface area contributed by atoms with Crippen molar-refractivity contribution in [2.45, 2.75) is 13.0 Å². The smallest absolute Gasteiger partial charge is 0.301 e. The van der Waals surface area contributed by atoms with Crippen LogP contribution in [0, 0.1) is 3.57 Å². The van der Waals surface area contributed by atoms with Crippen molar-refractivity contribution >= 4 is 66.7 Å². The summed E-state index contributed by atoms with van der Waals surface area (Å²) in [7, 11) is 1.55. The molecular formula is C27H21IN2O5S. The number of benzene rings is 3. The standard InChI is InChI=1S/C27H21IN2O5S/c1-3-35-19-12-13-20-21(14-19)36-27(29-20)30-23(15-4-8-17(28)9-5-15)22(25(32)26(30)33)24(31)16-6-10-18(34-2)11-7-16/h4-14,23,31H,3H2,1-2H3. The van der Waals surface area contributed by atoms with Crippen molar-refractivity contribution in [2.75, 3.05) is 18.6 Å². The van der Waals surface area contributed by atoms with Crippen molar-refractivity contribution in [1.29, 1.82) is 0 Å². The topological polar surface area (TPSA) is 89.0 Å². The summed E-state index contributed by atoms with van der Waals surface area (Å²) in [6.45, 7) is 2.44. The van der Waals surface area contributed by atoms with Crippen LogP contribution in [0.5, 0.6) is 11.5 Å². The summed E-state index contributed by atoms with van der Waals surface area (Å²) in [5, 5.41) is 11.6. The van der Waals surface area contributed by atoms with E-state index in [0.717, 1.165) is 8.27 Å². The fourth-order valence-corrected chi connectivity index (χ4v) is 5.53. The number of aromatic nitrogens is 1. The minimum absolute atomic E-state index is 0.0145. The van der Waals surface area contributed by atoms with Gasteiger partial charge in [-0.3, -0.25) is 14.5 Å². The molecule has 7 nitrogen and oxygen atoms in total. The molecule has 0 aliphatic carbocycles. The zero-order valence-corrected chi connectivity index (χ0v) is 22.4. The van der Waals surface area contributed by atoms with Crippen molar-refractivity contribution < 1.29 is 24.2 Å². The number of methoxy groups -OCH3 is 1. The van der Waals surface area contributed by atoms with E-state index in [0.29, 0.717) is 39.9 Å². The molecule has 0 radical (unpaired) electrons. The molecule has 9 heteroatoms. The van der Waals surface area contributed by atoms with Gasteiger partial charge < -0.3 is 14.6 Å². The second kappa shape index (κ2) is 9.90. The number of halogens is 1. The first-order valence-corrected chi connectivity index (χ1v) is 13.0. The quantitative estimate of drug-likeness (QED) is 0.126. The highest BCUT2D eigenvalue weighted by molar-refractivity contribution is 14.1. The second-order valence-electron chi connectivity index (χ2n) is 8.01. The van der Waals surface area contributed by atoms with E-state index < -0.39 is 17.7 Å². The highest BCUT2D eigenvalue weighted by Crippen LogP contribution is 2.44. The lowest BCUT2D eigenvalue weighted by atomic mass is 9.95. The van der Waals surface area contributed by atoms with Crippen LogP contribution in [-0.2, 0) is 9.59 Å². The lowest BCUT2D eigenvalue weighted by molar-refractivity contribution is -0.132. The third kappa shape index (κ3) is 4.33. The van der Waals surface area contributed by atoms with Crippen LogP contribution in [0.4, 0.5) is 5.13 Å². The maximum Gasteiger partial charge on any atom is 0.301 e. The Morgan fingerprint density at radius 2 is 1.75 bits per heavy atom. The summed E-state index contributed by atoms with van der Waals surface area (Å²) in [4.78, 5) is 32.8. The summed E-state index contributed by atoms with van der Waals surface area (Å²) < 4.78 is 12.6. The number of amides is 1. The lowest BCUT2D eigenvalue weighted by Crippen LogP contribution is -2.29. The number of Topliss-reactive ketones (excluding diaryl/α,β-unsaturated/α-hetero) is 1. The van der Waals surface area contributed by atoms with E-state index in [-0.39, 0.29) is 11.3 Å². The Kier molecular flexibility index (Phi) is 6.67. The van der Waals surface area contributed by atoms with Crippen LogP contribution in [0.1, 0.15) is 24.1 Å². The summed E-state index contributed by atoms with van der Waals surface area (Å²) in [5.41, 5.74) is 1.81. The summed E-state index contributed by atoms with van der Waals surface area (Å²) in [6, 6.07) is 18.9. The SMILES string of the molecule is CCOc1ccc2nc(N3C(=O)C(=O)C(=C(O)c4ccc(OC)cc4)C3c3ccc(I)cc3)sc2c1. The van der Waals surface area contributed by atoms with Crippen molar-refractivity contribution in [2.24, 2.45) is 0 Å². The van der Waals surface area contributed by atoms with E-state index in [1.165, 1.54) is 16.2 Å². The van der Waals surface area contributed by atoms with Gasteiger partial charge in [-0.1, -0.05) is 23.5 Å². The number of carbonyl (C=O) groups is 2. The average molecular weight is 612 g/mol. The predicted molar refractivity (Wildman–Crippen MR) is 148 cm³/mol. The molecule has 182 valence electrons. The summed E-state index contributed by atoms with van der Waals surface area (Å²) in [5.74, 6) is -0.432. The van der Waals surface area contributed by atoms with E-state index in [9.17, 15) is 14.7 Å². The number of nitrogens with zero attached hydrogens (tertiary/aromatic N) is 2. The maximum atomic E-state index is 13.4. The van der Waals surface area contributed by atoms with Gasteiger partial charge in [0.1, 0.15) is 17.3 Å². The molecule has 1 aromatic heterocycles. The van der Waals surface area contributed by atoms with Crippen LogP contribution in [-0.4, -0.2) is 35.5 Å². The van der Waals surface area contributed by atoms with Gasteiger partial charge in [0, 0.05) is 9.13 Å². The Morgan fingerprint density at radius 3 is 2.42 bits per heavy atom. The molecule has 4 aromatic rings. The Bertz CT molecular complexity index is 1500. The first kappa shape index (κ1) is 24.3. The fourth-order valence-electron chi connectivity index (χ4n) is 4.15. The molecule has 1 amide bonds. The molecule has 0 saturated carbocycles. The average Bonchev–Trinajstić information content (AvgIpc) is 3.42. The molecule has 3 aromatic carbocycles. The monoisotopic (exact) mass is 612 g/mol. The molecule has 0 bridgehead atoms. The number of hydrogen-bond donors (Lipinski definition) is 1. The molecule has 1 atom stereocenters. The van der Waals surface area contributed by atoms with Crippen molar-refractivity contribution in [3.05, 3.63) is 87.0 Å². The molecule has 36 heavy (non-hydrogen) atoms. The minimum atomic E-state index is -0.837. The van der Waals surface area contributed by atoms with Crippen LogP contribution in [0.2, 0.25) is 0 Å². The van der Waals surface area contributed by atoms with Gasteiger partial charge in [0.05, 0.1) is 35.5 Å². The zero-order chi connectivity index (χ0) is 25.4. The molecule has 1 N–H and O–H groups in total. The van der Waals surface area contributed by atoms with Crippen molar-refractivity contribution in [1.82, 2.24) is 4.98 Å². The van der Waals surface area contributed by atoms with Gasteiger partial charge in [0.25, 0.3) is 5.78 Å². The Hall–Kier alpha value is -3.44. The second-order valence-corrected chi connectivity index (χ2v) is 10.3. The number of ketones is 1. The van der Waals surface area contributed by atoms with Gasteiger partial charge in [0.2, 0.25) is 0 Å². The predicted octanol–water partition coefficient (Wildman–Crippen LogP) is 5.93. The van der Waals surface area contributed by atoms with Crippen molar-refractivity contribution in [3.8, 4) is 11.5 Å². The van der Waals surface area contributed by atoms with Gasteiger partial charge >= 0.3 is 5.91 Å². The molecule has 1 aliphatic heterocycles. The minimum Gasteiger partial charge on any atom is -0.507 e. The third-order valence-electron chi connectivity index (χ3n) is 5.86. The van der Waals surface area contributed by atoms with Gasteiger partial charge in [-0.2, -0.15) is 0 Å². The molecule has 1 unspecified atom stereocenters. The largest absolute Gasteiger partial charge is 0.507 e. The Balaban J connectivity index is 1.67. The fraction of sp³-hybridized carbons (Fsp3) is 0.148. The molecule has 1 aliphatic rings. The first-order valence-electron chi connectivity index (χ1n) is 11.2. The number of thiazole rings is 1. The number of carbonyl (C=O) groups excluding carboxylic acids is 2. The number of aliphatic hydroxyl groups is 1. The summed E-state index contributed by atoms with van der Waals surface area (Å²) >= 11 is 3.49. The van der Waals surface area contributed by atoms with Crippen LogP contribution in [0.25, 0.3) is 16.0 Å². The van der Waals surface area contributed by atoms with Crippen molar-refractivity contribution in [3.63, 3.8) is 0 Å². The van der Waals surface area contributed by atoms with Crippen LogP contribution < -0.4 is 14.4 Å². The lowest BCUT2D eigenvalue weighted by Gasteiger charge is -2.23. The molecule has 2 heterocycles. The molecule has 0 spiro atoms. The van der Waals surface area contributed by atoms with Gasteiger partial charge in [0.15, 0.2) is 5.13 Å². The number of ether oxygens (including phenoxy) is 2. The van der Waals surface area contributed by atoms with Gasteiger partial charge in [-0.15, -0.1) is 0 Å². The first-order chi connectivity index (χ1) is 17.4. The Morgan fingerprint density at radius 1 is 1.06 bits per heavy atom. The van der Waals surface area contributed by atoms with E-state index >= 15 is 0 Å². The van der Waals surface area contributed by atoms with Crippen LogP contribution in [0.15, 0.2) is 72.3 Å². The van der Waals surface area contributed by atoms with Crippen LogP contribution >= 0.6 is 33.9 Å². The number of rotatable bonds is 6. The van der Waals surface area contributed by atoms with Gasteiger partial charge in [-0.25, -0.2) is 4.98 Å². The molecular weight excluding hydrogens is 591 g/mol. The third-order valence-corrected chi connectivity index (χ3v) is 7.60. The molecule has 1 fully saturated rings. The van der Waals surface area contributed by atoms with Crippen LogP contribution in [0.3, 0.4) is 0 Å². The molecule has 5 rings (SSSR count). The van der Waals surface area contributed by atoms with E-state index in [1.54, 1.807) is 31.4 Å². The van der Waals surface area contributed by atoms with E-state index in [4.69, 9.17) is 9.47 Å².